The van der Waals surface area contributed by atoms with Gasteiger partial charge in [0.25, 0.3) is 0 Å². The molecule has 1 fully saturated rings. The van der Waals surface area contributed by atoms with Crippen molar-refractivity contribution >= 4 is 15.9 Å². The van der Waals surface area contributed by atoms with E-state index < -0.39 is 5.60 Å². The van der Waals surface area contributed by atoms with Crippen LogP contribution in [0.3, 0.4) is 0 Å². The minimum atomic E-state index is -0.638. The lowest BCUT2D eigenvalue weighted by atomic mass is 9.52. The number of hydrogen-bond donors (Lipinski definition) is 1. The Kier molecular flexibility index (Phi) is 3.11. The van der Waals surface area contributed by atoms with E-state index in [4.69, 9.17) is 0 Å². The van der Waals surface area contributed by atoms with Crippen LogP contribution in [0.25, 0.3) is 0 Å². The summed E-state index contributed by atoms with van der Waals surface area (Å²) >= 11 is 3.84. The van der Waals surface area contributed by atoms with Crippen LogP contribution in [0.4, 0.5) is 0 Å². The molecule has 2 rings (SSSR count). The van der Waals surface area contributed by atoms with Gasteiger partial charge in [0, 0.05) is 10.2 Å². The van der Waals surface area contributed by atoms with Crippen LogP contribution >= 0.6 is 15.9 Å². The van der Waals surface area contributed by atoms with Crippen molar-refractivity contribution in [3.63, 3.8) is 0 Å². The molecule has 0 bridgehead atoms. The molecule has 0 amide bonds. The van der Waals surface area contributed by atoms with Gasteiger partial charge in [-0.2, -0.15) is 0 Å². The molecule has 17 heavy (non-hydrogen) atoms. The highest BCUT2D eigenvalue weighted by atomic mass is 79.9. The second-order valence-corrected chi connectivity index (χ2v) is 7.60. The van der Waals surface area contributed by atoms with E-state index in [9.17, 15) is 5.11 Å². The van der Waals surface area contributed by atoms with Crippen LogP contribution in [0.15, 0.2) is 24.3 Å². The summed E-state index contributed by atoms with van der Waals surface area (Å²) in [7, 11) is 0. The smallest absolute Gasteiger partial charge is 0.0800 e. The largest absolute Gasteiger partial charge is 0.386 e. The molecule has 0 aromatic carbocycles. The van der Waals surface area contributed by atoms with Crippen LogP contribution in [0.5, 0.6) is 0 Å². The Labute approximate surface area is 113 Å². The van der Waals surface area contributed by atoms with Crippen molar-refractivity contribution in [1.29, 1.82) is 0 Å². The Bertz CT molecular complexity index is 367. The highest BCUT2D eigenvalue weighted by Gasteiger charge is 2.53. The summed E-state index contributed by atoms with van der Waals surface area (Å²) in [5.74, 6) is 0. The molecule has 96 valence electrons. The lowest BCUT2D eigenvalue weighted by Gasteiger charge is -2.55. The zero-order valence-corrected chi connectivity index (χ0v) is 12.7. The number of alkyl halides is 1. The van der Waals surface area contributed by atoms with Crippen LogP contribution in [0.1, 0.15) is 46.5 Å². The molecule has 0 radical (unpaired) electrons. The normalized spacial score (nSPS) is 45.2. The fourth-order valence-electron chi connectivity index (χ4n) is 3.39. The quantitative estimate of drug-likeness (QED) is 0.524. The average molecular weight is 299 g/mol. The molecule has 2 heteroatoms. The van der Waals surface area contributed by atoms with Gasteiger partial charge in [0.15, 0.2) is 0 Å². The third kappa shape index (κ3) is 1.94. The van der Waals surface area contributed by atoms with E-state index in [-0.39, 0.29) is 10.8 Å². The first kappa shape index (κ1) is 13.4. The lowest BCUT2D eigenvalue weighted by Crippen LogP contribution is -2.49. The Morgan fingerprint density at radius 1 is 1.29 bits per heavy atom. The second kappa shape index (κ2) is 3.96. The van der Waals surface area contributed by atoms with Gasteiger partial charge in [-0.25, -0.2) is 0 Å². The molecule has 2 aliphatic rings. The molecular weight excluding hydrogens is 276 g/mol. The van der Waals surface area contributed by atoms with Gasteiger partial charge in [0.1, 0.15) is 0 Å². The molecule has 0 heterocycles. The number of halogens is 1. The highest BCUT2D eigenvalue weighted by Crippen LogP contribution is 2.60. The van der Waals surface area contributed by atoms with Crippen molar-refractivity contribution in [2.75, 3.05) is 0 Å². The SMILES string of the molecule is C=C1CC[C@@H](Br)C(C)(C)[C@@]12C=C[C@@](C)(O)CC2. The molecule has 0 unspecified atom stereocenters. The zero-order valence-electron chi connectivity index (χ0n) is 11.1. The number of hydrogen-bond acceptors (Lipinski definition) is 1. The maximum atomic E-state index is 10.1. The van der Waals surface area contributed by atoms with Gasteiger partial charge in [0.05, 0.1) is 5.60 Å². The van der Waals surface area contributed by atoms with E-state index in [2.05, 4.69) is 42.4 Å². The highest BCUT2D eigenvalue weighted by molar-refractivity contribution is 9.09. The van der Waals surface area contributed by atoms with Gasteiger partial charge in [-0.05, 0) is 38.0 Å². The van der Waals surface area contributed by atoms with E-state index in [0.29, 0.717) is 4.83 Å². The van der Waals surface area contributed by atoms with Crippen molar-refractivity contribution in [1.82, 2.24) is 0 Å². The molecule has 0 aromatic heterocycles. The minimum absolute atomic E-state index is 0.0572. The first-order valence-corrected chi connectivity index (χ1v) is 7.38. The number of aliphatic hydroxyl groups is 1. The summed E-state index contributed by atoms with van der Waals surface area (Å²) in [5, 5.41) is 10.1. The molecular formula is C15H23BrO. The van der Waals surface area contributed by atoms with E-state index in [1.165, 1.54) is 5.57 Å². The monoisotopic (exact) mass is 298 g/mol. The van der Waals surface area contributed by atoms with Crippen LogP contribution in [-0.2, 0) is 0 Å². The van der Waals surface area contributed by atoms with Crippen LogP contribution in [0, 0.1) is 10.8 Å². The van der Waals surface area contributed by atoms with E-state index in [1.54, 1.807) is 0 Å². The summed E-state index contributed by atoms with van der Waals surface area (Å²) < 4.78 is 0. The fraction of sp³-hybridized carbons (Fsp3) is 0.733. The van der Waals surface area contributed by atoms with Crippen molar-refractivity contribution in [3.05, 3.63) is 24.3 Å². The topological polar surface area (TPSA) is 20.2 Å². The molecule has 0 aliphatic heterocycles. The van der Waals surface area contributed by atoms with Crippen molar-refractivity contribution in [3.8, 4) is 0 Å². The molecule has 1 spiro atoms. The molecule has 1 nitrogen and oxygen atoms in total. The predicted octanol–water partition coefficient (Wildman–Crippen LogP) is 4.21. The predicted molar refractivity (Wildman–Crippen MR) is 76.3 cm³/mol. The summed E-state index contributed by atoms with van der Waals surface area (Å²) in [6, 6.07) is 0. The third-order valence-corrected chi connectivity index (χ3v) is 6.62. The zero-order chi connectivity index (χ0) is 12.9. The first-order chi connectivity index (χ1) is 7.71. The molecule has 0 saturated heterocycles. The summed E-state index contributed by atoms with van der Waals surface area (Å²) in [5.41, 5.74) is 0.919. The van der Waals surface area contributed by atoms with E-state index in [1.807, 2.05) is 13.0 Å². The fourth-order valence-corrected chi connectivity index (χ4v) is 4.03. The average Bonchev–Trinajstić information content (AvgIpc) is 2.23. The van der Waals surface area contributed by atoms with Gasteiger partial charge < -0.3 is 5.11 Å². The van der Waals surface area contributed by atoms with Crippen molar-refractivity contribution < 1.29 is 5.11 Å². The number of allylic oxidation sites excluding steroid dienone is 2. The van der Waals surface area contributed by atoms with Gasteiger partial charge >= 0.3 is 0 Å². The second-order valence-electron chi connectivity index (χ2n) is 6.49. The molecule has 2 aliphatic carbocycles. The van der Waals surface area contributed by atoms with Crippen LogP contribution in [-0.4, -0.2) is 15.5 Å². The van der Waals surface area contributed by atoms with Crippen LogP contribution < -0.4 is 0 Å². The summed E-state index contributed by atoms with van der Waals surface area (Å²) in [6.07, 6.45) is 8.29. The van der Waals surface area contributed by atoms with Gasteiger partial charge in [0.2, 0.25) is 0 Å². The Morgan fingerprint density at radius 3 is 2.47 bits per heavy atom. The minimum Gasteiger partial charge on any atom is -0.386 e. The number of rotatable bonds is 0. The molecule has 3 atom stereocenters. The summed E-state index contributed by atoms with van der Waals surface area (Å²) in [4.78, 5) is 0.521. The third-order valence-electron chi connectivity index (χ3n) is 5.02. The van der Waals surface area contributed by atoms with Gasteiger partial charge in [-0.3, -0.25) is 0 Å². The van der Waals surface area contributed by atoms with E-state index >= 15 is 0 Å². The first-order valence-electron chi connectivity index (χ1n) is 6.46. The maximum absolute atomic E-state index is 10.1. The van der Waals surface area contributed by atoms with Gasteiger partial charge in [-0.15, -0.1) is 0 Å². The van der Waals surface area contributed by atoms with Gasteiger partial charge in [-0.1, -0.05) is 54.1 Å². The Balaban J connectivity index is 2.44. The standard InChI is InChI=1S/C15H23BrO/c1-11-5-6-12(16)13(2,3)15(11)9-7-14(4,17)8-10-15/h7,9,12,17H,1,5-6,8,10H2,2-4H3/t12-,14-,15-/m1/s1. The maximum Gasteiger partial charge on any atom is 0.0800 e. The van der Waals surface area contributed by atoms with Crippen molar-refractivity contribution in [2.45, 2.75) is 56.9 Å². The molecule has 1 N–H and O–H groups in total. The lowest BCUT2D eigenvalue weighted by molar-refractivity contribution is 0.0391. The summed E-state index contributed by atoms with van der Waals surface area (Å²) in [6.45, 7) is 10.8. The van der Waals surface area contributed by atoms with Crippen molar-refractivity contribution in [2.24, 2.45) is 10.8 Å². The Hall–Kier alpha value is -0.0800. The van der Waals surface area contributed by atoms with E-state index in [0.717, 1.165) is 25.7 Å². The van der Waals surface area contributed by atoms with Crippen LogP contribution in [0.2, 0.25) is 0 Å². The molecule has 0 aromatic rings. The Morgan fingerprint density at radius 2 is 1.94 bits per heavy atom. The molecule has 1 saturated carbocycles.